The van der Waals surface area contributed by atoms with Gasteiger partial charge in [0.25, 0.3) is 0 Å². The second-order valence-corrected chi connectivity index (χ2v) is 8.15. The maximum Gasteiger partial charge on any atom is 0.226 e. The number of nitrogens with zero attached hydrogens (tertiary/aromatic N) is 3. The lowest BCUT2D eigenvalue weighted by atomic mass is 9.78. The summed E-state index contributed by atoms with van der Waals surface area (Å²) in [6.45, 7) is 0.932. The minimum Gasteiger partial charge on any atom is -0.339 e. The van der Waals surface area contributed by atoms with E-state index in [0.29, 0.717) is 41.5 Å². The van der Waals surface area contributed by atoms with Gasteiger partial charge in [-0.1, -0.05) is 29.6 Å². The first-order chi connectivity index (χ1) is 13.2. The molecule has 0 spiro atoms. The molecule has 1 aromatic heterocycles. The van der Waals surface area contributed by atoms with Gasteiger partial charge in [-0.25, -0.2) is 0 Å². The molecule has 1 amide bonds. The fourth-order valence-electron chi connectivity index (χ4n) is 4.54. The van der Waals surface area contributed by atoms with Crippen LogP contribution < -0.4 is 0 Å². The average molecular weight is 388 g/mol. The molecule has 0 radical (unpaired) electrons. The highest BCUT2D eigenvalue weighted by atomic mass is 35.5. The van der Waals surface area contributed by atoms with Crippen LogP contribution in [-0.2, 0) is 11.2 Å². The molecule has 1 aliphatic heterocycles. The molecule has 6 heteroatoms. The van der Waals surface area contributed by atoms with Gasteiger partial charge in [-0.2, -0.15) is 4.98 Å². The summed E-state index contributed by atoms with van der Waals surface area (Å²) in [4.78, 5) is 19.4. The van der Waals surface area contributed by atoms with Gasteiger partial charge in [0.1, 0.15) is 0 Å². The molecule has 2 atom stereocenters. The van der Waals surface area contributed by atoms with Crippen LogP contribution >= 0.6 is 11.6 Å². The Hall–Kier alpha value is -1.88. The van der Waals surface area contributed by atoms with E-state index in [-0.39, 0.29) is 0 Å². The van der Waals surface area contributed by atoms with E-state index in [9.17, 15) is 4.79 Å². The van der Waals surface area contributed by atoms with Crippen molar-refractivity contribution >= 4 is 17.5 Å². The lowest BCUT2D eigenvalue weighted by Gasteiger charge is -2.44. The zero-order valence-electron chi connectivity index (χ0n) is 15.6. The average Bonchev–Trinajstić information content (AvgIpc) is 3.17. The smallest absolute Gasteiger partial charge is 0.226 e. The van der Waals surface area contributed by atoms with Gasteiger partial charge >= 0.3 is 0 Å². The zero-order valence-corrected chi connectivity index (χ0v) is 16.3. The number of fused-ring (bicyclic) bond motifs is 1. The van der Waals surface area contributed by atoms with Crippen molar-refractivity contribution in [1.82, 2.24) is 15.0 Å². The molecule has 4 rings (SSSR count). The Bertz CT molecular complexity index is 772. The summed E-state index contributed by atoms with van der Waals surface area (Å²) in [5.41, 5.74) is 0.877. The third kappa shape index (κ3) is 4.34. The van der Waals surface area contributed by atoms with Crippen molar-refractivity contribution in [2.45, 2.75) is 63.8 Å². The first-order valence-electron chi connectivity index (χ1n) is 10.1. The standard InChI is InChI=1S/C21H26ClN3O2/c22-17-12-10-16(11-13-17)21-23-19(27-24-21)8-3-9-20(26)25-14-4-6-15-5-1-2-7-18(15)25/h10-13,15,18H,1-9,14H2/t15-,18+/m1/s1. The van der Waals surface area contributed by atoms with Crippen LogP contribution in [-0.4, -0.2) is 33.5 Å². The predicted molar refractivity (Wildman–Crippen MR) is 104 cm³/mol. The number of carbonyl (C=O) groups is 1. The minimum atomic E-state index is 0.295. The van der Waals surface area contributed by atoms with Gasteiger partial charge in [-0.3, -0.25) is 4.79 Å². The van der Waals surface area contributed by atoms with Crippen molar-refractivity contribution in [3.63, 3.8) is 0 Å². The van der Waals surface area contributed by atoms with Crippen molar-refractivity contribution in [2.24, 2.45) is 5.92 Å². The highest BCUT2D eigenvalue weighted by molar-refractivity contribution is 6.30. The van der Waals surface area contributed by atoms with Crippen molar-refractivity contribution in [2.75, 3.05) is 6.54 Å². The van der Waals surface area contributed by atoms with Crippen LogP contribution in [0, 0.1) is 5.92 Å². The van der Waals surface area contributed by atoms with Crippen molar-refractivity contribution in [3.8, 4) is 11.4 Å². The fourth-order valence-corrected chi connectivity index (χ4v) is 4.67. The highest BCUT2D eigenvalue weighted by Crippen LogP contribution is 2.35. The minimum absolute atomic E-state index is 0.295. The maximum atomic E-state index is 12.7. The topological polar surface area (TPSA) is 59.2 Å². The summed E-state index contributed by atoms with van der Waals surface area (Å²) in [6.07, 6.45) is 9.46. The molecule has 1 saturated carbocycles. The first kappa shape index (κ1) is 18.5. The van der Waals surface area contributed by atoms with Gasteiger partial charge in [-0.15, -0.1) is 0 Å². The second-order valence-electron chi connectivity index (χ2n) is 7.71. The van der Waals surface area contributed by atoms with E-state index in [4.69, 9.17) is 16.1 Å². The lowest BCUT2D eigenvalue weighted by Crippen LogP contribution is -2.49. The second kappa shape index (κ2) is 8.42. The number of benzene rings is 1. The number of amides is 1. The summed E-state index contributed by atoms with van der Waals surface area (Å²) in [5.74, 6) is 2.18. The van der Waals surface area contributed by atoms with Crippen LogP contribution in [0.15, 0.2) is 28.8 Å². The van der Waals surface area contributed by atoms with Gasteiger partial charge in [0, 0.05) is 36.0 Å². The summed E-state index contributed by atoms with van der Waals surface area (Å²) < 4.78 is 5.34. The number of halogens is 1. The van der Waals surface area contributed by atoms with E-state index >= 15 is 0 Å². The fraction of sp³-hybridized carbons (Fsp3) is 0.571. The Labute approximate surface area is 165 Å². The normalized spacial score (nSPS) is 22.5. The molecule has 0 unspecified atom stereocenters. The molecule has 2 fully saturated rings. The van der Waals surface area contributed by atoms with Crippen LogP contribution in [0.2, 0.25) is 5.02 Å². The molecule has 5 nitrogen and oxygen atoms in total. The van der Waals surface area contributed by atoms with Crippen molar-refractivity contribution in [3.05, 3.63) is 35.2 Å². The Balaban J connectivity index is 1.29. The maximum absolute atomic E-state index is 12.7. The van der Waals surface area contributed by atoms with Crippen LogP contribution in [0.4, 0.5) is 0 Å². The van der Waals surface area contributed by atoms with Crippen LogP contribution in [0.25, 0.3) is 11.4 Å². The molecule has 0 N–H and O–H groups in total. The number of likely N-dealkylation sites (tertiary alicyclic amines) is 1. The van der Waals surface area contributed by atoms with E-state index in [1.807, 2.05) is 24.3 Å². The largest absolute Gasteiger partial charge is 0.339 e. The van der Waals surface area contributed by atoms with E-state index in [1.165, 1.54) is 32.1 Å². The molecule has 2 aliphatic rings. The van der Waals surface area contributed by atoms with Crippen LogP contribution in [0.1, 0.15) is 57.3 Å². The van der Waals surface area contributed by atoms with Crippen molar-refractivity contribution < 1.29 is 9.32 Å². The first-order valence-corrected chi connectivity index (χ1v) is 10.5. The Kier molecular flexibility index (Phi) is 5.77. The highest BCUT2D eigenvalue weighted by Gasteiger charge is 2.35. The Morgan fingerprint density at radius 3 is 2.78 bits per heavy atom. The molecule has 2 heterocycles. The Morgan fingerprint density at radius 1 is 1.15 bits per heavy atom. The van der Waals surface area contributed by atoms with E-state index in [0.717, 1.165) is 30.9 Å². The SMILES string of the molecule is O=C(CCCc1nc(-c2ccc(Cl)cc2)no1)N1CCC[C@H]2CCCC[C@@H]21. The van der Waals surface area contributed by atoms with Gasteiger partial charge < -0.3 is 9.42 Å². The zero-order chi connectivity index (χ0) is 18.6. The third-order valence-corrected chi connectivity index (χ3v) is 6.17. The van der Waals surface area contributed by atoms with E-state index < -0.39 is 0 Å². The molecular weight excluding hydrogens is 362 g/mol. The monoisotopic (exact) mass is 387 g/mol. The summed E-state index contributed by atoms with van der Waals surface area (Å²) >= 11 is 5.91. The number of hydrogen-bond donors (Lipinski definition) is 0. The van der Waals surface area contributed by atoms with E-state index in [1.54, 1.807) is 0 Å². The number of hydrogen-bond acceptors (Lipinski definition) is 4. The molecule has 27 heavy (non-hydrogen) atoms. The molecular formula is C21H26ClN3O2. The van der Waals surface area contributed by atoms with Gasteiger partial charge in [0.15, 0.2) is 0 Å². The lowest BCUT2D eigenvalue weighted by molar-refractivity contribution is -0.137. The Morgan fingerprint density at radius 2 is 1.93 bits per heavy atom. The van der Waals surface area contributed by atoms with Crippen LogP contribution in [0.3, 0.4) is 0 Å². The summed E-state index contributed by atoms with van der Waals surface area (Å²) in [6, 6.07) is 7.85. The summed E-state index contributed by atoms with van der Waals surface area (Å²) in [5, 5.41) is 4.71. The molecule has 1 saturated heterocycles. The molecule has 2 aromatic rings. The quantitative estimate of drug-likeness (QED) is 0.732. The molecule has 1 aromatic carbocycles. The van der Waals surface area contributed by atoms with Gasteiger partial charge in [0.05, 0.1) is 0 Å². The summed E-state index contributed by atoms with van der Waals surface area (Å²) in [7, 11) is 0. The molecule has 144 valence electrons. The number of aromatic nitrogens is 2. The van der Waals surface area contributed by atoms with Crippen molar-refractivity contribution in [1.29, 1.82) is 0 Å². The number of carbonyl (C=O) groups excluding carboxylic acids is 1. The molecule has 1 aliphatic carbocycles. The van der Waals surface area contributed by atoms with E-state index in [2.05, 4.69) is 15.0 Å². The van der Waals surface area contributed by atoms with Crippen LogP contribution in [0.5, 0.6) is 0 Å². The number of piperidine rings is 1. The predicted octanol–water partition coefficient (Wildman–Crippen LogP) is 4.89. The number of rotatable bonds is 5. The molecule has 0 bridgehead atoms. The third-order valence-electron chi connectivity index (χ3n) is 5.92. The number of aryl methyl sites for hydroxylation is 1. The van der Waals surface area contributed by atoms with Gasteiger partial charge in [-0.05, 0) is 62.3 Å². The van der Waals surface area contributed by atoms with Gasteiger partial charge in [0.2, 0.25) is 17.6 Å².